The summed E-state index contributed by atoms with van der Waals surface area (Å²) >= 11 is 0. The van der Waals surface area contributed by atoms with Gasteiger partial charge in [-0.25, -0.2) is 0 Å². The van der Waals surface area contributed by atoms with Gasteiger partial charge in [0.05, 0.1) is 18.4 Å². The van der Waals surface area contributed by atoms with Gasteiger partial charge < -0.3 is 9.52 Å². The summed E-state index contributed by atoms with van der Waals surface area (Å²) in [6, 6.07) is 0. The highest BCUT2D eigenvalue weighted by atomic mass is 16.3. The van der Waals surface area contributed by atoms with Crippen LogP contribution in [0, 0.1) is 6.92 Å². The molecule has 0 amide bonds. The summed E-state index contributed by atoms with van der Waals surface area (Å²) in [6.07, 6.45) is 2.07. The van der Waals surface area contributed by atoms with E-state index in [1.165, 1.54) is 6.26 Å². The zero-order chi connectivity index (χ0) is 11.4. The van der Waals surface area contributed by atoms with Crippen molar-refractivity contribution in [2.45, 2.75) is 39.5 Å². The van der Waals surface area contributed by atoms with Gasteiger partial charge in [0.15, 0.2) is 5.43 Å². The third-order valence-electron chi connectivity index (χ3n) is 2.79. The van der Waals surface area contributed by atoms with Gasteiger partial charge in [-0.15, -0.1) is 0 Å². The van der Waals surface area contributed by atoms with Crippen molar-refractivity contribution in [1.82, 2.24) is 0 Å². The van der Waals surface area contributed by atoms with Gasteiger partial charge in [0.2, 0.25) is 0 Å². The molecule has 0 aromatic carbocycles. The Hall–Kier alpha value is -1.03. The van der Waals surface area contributed by atoms with E-state index >= 15 is 0 Å². The molecule has 0 radical (unpaired) electrons. The number of aliphatic hydroxyl groups is 1. The molecule has 1 aromatic heterocycles. The van der Waals surface area contributed by atoms with Crippen molar-refractivity contribution < 1.29 is 9.52 Å². The minimum Gasteiger partial charge on any atom is -0.469 e. The smallest absolute Gasteiger partial charge is 0.193 e. The van der Waals surface area contributed by atoms with Crippen LogP contribution in [-0.4, -0.2) is 12.4 Å². The van der Waals surface area contributed by atoms with Crippen LogP contribution in [0.25, 0.3) is 0 Å². The maximum absolute atomic E-state index is 11.9. The molecule has 1 aromatic rings. The van der Waals surface area contributed by atoms with Gasteiger partial charge in [-0.3, -0.25) is 4.79 Å². The van der Waals surface area contributed by atoms with E-state index in [2.05, 4.69) is 13.7 Å². The molecule has 0 spiro atoms. The Morgan fingerprint density at radius 3 is 2.80 bits per heavy atom. The monoisotopic (exact) mass is 208 g/mol. The summed E-state index contributed by atoms with van der Waals surface area (Å²) in [5.74, 6) is 1.12. The average Bonchev–Trinajstić information content (AvgIpc) is 2.24. The lowest BCUT2D eigenvalue weighted by molar-refractivity contribution is 0.275. The zero-order valence-corrected chi connectivity index (χ0v) is 9.54. The molecule has 0 aliphatic rings. The van der Waals surface area contributed by atoms with Crippen molar-refractivity contribution in [1.29, 1.82) is 0 Å². The van der Waals surface area contributed by atoms with Crippen molar-refractivity contribution in [3.8, 4) is 0 Å². The van der Waals surface area contributed by atoms with Crippen molar-refractivity contribution in [3.05, 3.63) is 33.4 Å². The molecule has 0 aliphatic carbocycles. The van der Waals surface area contributed by atoms with E-state index in [9.17, 15) is 4.79 Å². The third-order valence-corrected chi connectivity index (χ3v) is 2.79. The zero-order valence-electron chi connectivity index (χ0n) is 9.54. The first-order valence-corrected chi connectivity index (χ1v) is 5.31. The van der Waals surface area contributed by atoms with Crippen molar-refractivity contribution >= 4 is 7.28 Å². The number of aliphatic hydroxyl groups excluding tert-OH is 1. The summed E-state index contributed by atoms with van der Waals surface area (Å²) in [7, 11) is 1.03. The van der Waals surface area contributed by atoms with Crippen LogP contribution in [0.15, 0.2) is 15.5 Å². The highest BCUT2D eigenvalue weighted by molar-refractivity contribution is 6.35. The molecule has 82 valence electrons. The quantitative estimate of drug-likeness (QED) is 0.758. The SMILES string of the molecule is CBC(C)Cc1c(C)occ(CO)c1=O. The molecule has 0 bridgehead atoms. The molecule has 1 heterocycles. The Balaban J connectivity index is 3.10. The maximum atomic E-state index is 11.9. The fourth-order valence-electron chi connectivity index (χ4n) is 1.48. The molecule has 1 rings (SSSR count). The number of hydrogen-bond acceptors (Lipinski definition) is 3. The first kappa shape index (κ1) is 12.0. The van der Waals surface area contributed by atoms with Crippen molar-refractivity contribution in [3.63, 3.8) is 0 Å². The van der Waals surface area contributed by atoms with Crippen molar-refractivity contribution in [2.75, 3.05) is 0 Å². The predicted molar refractivity (Wildman–Crippen MR) is 61.8 cm³/mol. The minimum atomic E-state index is -0.254. The second kappa shape index (κ2) is 5.17. The van der Waals surface area contributed by atoms with E-state index < -0.39 is 0 Å². The number of rotatable bonds is 4. The van der Waals surface area contributed by atoms with Crippen LogP contribution in [-0.2, 0) is 13.0 Å². The molecule has 0 saturated carbocycles. The highest BCUT2D eigenvalue weighted by Gasteiger charge is 2.13. The van der Waals surface area contributed by atoms with E-state index in [0.29, 0.717) is 22.7 Å². The van der Waals surface area contributed by atoms with Gasteiger partial charge in [0, 0.05) is 5.56 Å². The van der Waals surface area contributed by atoms with Gasteiger partial charge in [-0.05, 0) is 13.3 Å². The second-order valence-electron chi connectivity index (χ2n) is 4.00. The first-order valence-electron chi connectivity index (χ1n) is 5.31. The lowest BCUT2D eigenvalue weighted by atomic mass is 9.65. The van der Waals surface area contributed by atoms with E-state index in [4.69, 9.17) is 9.52 Å². The summed E-state index contributed by atoms with van der Waals surface area (Å²) in [5.41, 5.74) is 0.983. The molecule has 1 N–H and O–H groups in total. The summed E-state index contributed by atoms with van der Waals surface area (Å²) in [5, 5.41) is 8.97. The van der Waals surface area contributed by atoms with Crippen LogP contribution >= 0.6 is 0 Å². The molecule has 0 aliphatic heterocycles. The first-order chi connectivity index (χ1) is 7.10. The Morgan fingerprint density at radius 1 is 1.60 bits per heavy atom. The fourth-order valence-corrected chi connectivity index (χ4v) is 1.48. The summed E-state index contributed by atoms with van der Waals surface area (Å²) in [4.78, 5) is 11.9. The Bertz CT molecular complexity index is 384. The van der Waals surface area contributed by atoms with Gasteiger partial charge in [-0.1, -0.05) is 19.6 Å². The van der Waals surface area contributed by atoms with Crippen LogP contribution in [0.2, 0.25) is 12.6 Å². The maximum Gasteiger partial charge on any atom is 0.193 e. The molecule has 1 atom stereocenters. The molecular weight excluding hydrogens is 191 g/mol. The van der Waals surface area contributed by atoms with Crippen LogP contribution in [0.5, 0.6) is 0 Å². The van der Waals surface area contributed by atoms with E-state index in [1.54, 1.807) is 6.92 Å². The lowest BCUT2D eigenvalue weighted by Crippen LogP contribution is -2.17. The van der Waals surface area contributed by atoms with Gasteiger partial charge in [0.25, 0.3) is 0 Å². The van der Waals surface area contributed by atoms with Crippen LogP contribution in [0.3, 0.4) is 0 Å². The molecule has 0 fully saturated rings. The number of aryl methyl sites for hydroxylation is 1. The molecule has 0 saturated heterocycles. The van der Waals surface area contributed by atoms with Gasteiger partial charge in [0.1, 0.15) is 13.0 Å². The van der Waals surface area contributed by atoms with Crippen LogP contribution < -0.4 is 5.43 Å². The van der Waals surface area contributed by atoms with Crippen LogP contribution in [0.1, 0.15) is 23.8 Å². The summed E-state index contributed by atoms with van der Waals surface area (Å²) in [6.45, 7) is 5.73. The largest absolute Gasteiger partial charge is 0.469 e. The van der Waals surface area contributed by atoms with Crippen molar-refractivity contribution in [2.24, 2.45) is 0 Å². The van der Waals surface area contributed by atoms with Gasteiger partial charge >= 0.3 is 0 Å². The molecule has 4 heteroatoms. The molecule has 3 nitrogen and oxygen atoms in total. The topological polar surface area (TPSA) is 50.4 Å². The third kappa shape index (κ3) is 2.72. The Kier molecular flexibility index (Phi) is 4.15. The van der Waals surface area contributed by atoms with E-state index in [0.717, 1.165) is 13.7 Å². The Labute approximate surface area is 90.4 Å². The Morgan fingerprint density at radius 2 is 2.27 bits per heavy atom. The second-order valence-corrected chi connectivity index (χ2v) is 4.00. The predicted octanol–water partition coefficient (Wildman–Crippen LogP) is 1.28. The normalized spacial score (nSPS) is 12.5. The highest BCUT2D eigenvalue weighted by Crippen LogP contribution is 2.13. The average molecular weight is 208 g/mol. The molecular formula is C11H17BO3. The van der Waals surface area contributed by atoms with E-state index in [-0.39, 0.29) is 12.0 Å². The standard InChI is InChI=1S/C11H17BO3/c1-7(12-3)4-10-8(2)15-6-9(5-13)11(10)14/h6-7,12-13H,4-5H2,1-3H3. The molecule has 15 heavy (non-hydrogen) atoms. The summed E-state index contributed by atoms with van der Waals surface area (Å²) < 4.78 is 5.25. The van der Waals surface area contributed by atoms with Gasteiger partial charge in [-0.2, -0.15) is 0 Å². The van der Waals surface area contributed by atoms with E-state index in [1.807, 2.05) is 0 Å². The molecule has 1 unspecified atom stereocenters. The fraction of sp³-hybridized carbons (Fsp3) is 0.545. The minimum absolute atomic E-state index is 0.0680. The van der Waals surface area contributed by atoms with Crippen LogP contribution in [0.4, 0.5) is 0 Å². The lowest BCUT2D eigenvalue weighted by Gasteiger charge is -2.09. The number of hydrogen-bond donors (Lipinski definition) is 1.